The molecular weight excluding hydrogens is 231 g/mol. The summed E-state index contributed by atoms with van der Waals surface area (Å²) in [6, 6.07) is 13.8. The van der Waals surface area contributed by atoms with Crippen molar-refractivity contribution in [1.82, 2.24) is 0 Å². The van der Waals surface area contributed by atoms with Crippen LogP contribution in [0, 0.1) is 12.7 Å². The number of para-hydroxylation sites is 1. The molecule has 2 nitrogen and oxygen atoms in total. The summed E-state index contributed by atoms with van der Waals surface area (Å²) in [7, 11) is 0. The Morgan fingerprint density at radius 1 is 0.889 bits per heavy atom. The number of hydrogen-bond acceptors (Lipinski definition) is 2. The van der Waals surface area contributed by atoms with Crippen LogP contribution in [0.1, 0.15) is 5.56 Å². The largest absolute Gasteiger partial charge is 0.490 e. The second-order valence-electron chi connectivity index (χ2n) is 3.92. The fourth-order valence-electron chi connectivity index (χ4n) is 1.56. The van der Waals surface area contributed by atoms with Gasteiger partial charge in [-0.15, -0.1) is 0 Å². The van der Waals surface area contributed by atoms with E-state index in [2.05, 4.69) is 0 Å². The van der Waals surface area contributed by atoms with Crippen LogP contribution in [0.3, 0.4) is 0 Å². The average Bonchev–Trinajstić information content (AvgIpc) is 2.39. The maximum absolute atomic E-state index is 12.7. The van der Waals surface area contributed by atoms with Gasteiger partial charge in [0.15, 0.2) is 0 Å². The number of hydrogen-bond donors (Lipinski definition) is 0. The molecule has 2 aromatic rings. The van der Waals surface area contributed by atoms with Gasteiger partial charge >= 0.3 is 0 Å². The Hall–Kier alpha value is -2.03. The number of benzene rings is 2. The zero-order valence-electron chi connectivity index (χ0n) is 10.2. The van der Waals surface area contributed by atoms with Crippen LogP contribution in [0.5, 0.6) is 11.5 Å². The highest BCUT2D eigenvalue weighted by Gasteiger charge is 1.98. The zero-order valence-corrected chi connectivity index (χ0v) is 10.2. The smallest absolute Gasteiger partial charge is 0.123 e. The highest BCUT2D eigenvalue weighted by molar-refractivity contribution is 5.31. The highest BCUT2D eigenvalue weighted by Crippen LogP contribution is 2.16. The second-order valence-corrected chi connectivity index (χ2v) is 3.92. The summed E-state index contributed by atoms with van der Waals surface area (Å²) in [6.07, 6.45) is 0. The molecule has 0 aliphatic carbocycles. The summed E-state index contributed by atoms with van der Waals surface area (Å²) in [5.74, 6) is 1.24. The molecule has 0 heterocycles. The van der Waals surface area contributed by atoms with Gasteiger partial charge in [0.2, 0.25) is 0 Å². The fraction of sp³-hybridized carbons (Fsp3) is 0.200. The van der Waals surface area contributed by atoms with E-state index in [1.807, 2.05) is 31.2 Å². The van der Waals surface area contributed by atoms with Crippen molar-refractivity contribution in [3.05, 3.63) is 59.9 Å². The number of halogens is 1. The van der Waals surface area contributed by atoms with E-state index in [-0.39, 0.29) is 5.82 Å². The molecule has 2 rings (SSSR count). The summed E-state index contributed by atoms with van der Waals surface area (Å²) in [5, 5.41) is 0. The van der Waals surface area contributed by atoms with Crippen molar-refractivity contribution in [3.63, 3.8) is 0 Å². The standard InChI is InChI=1S/C15H15FO2/c1-12-4-2-3-5-15(12)18-11-10-17-14-8-6-13(16)7-9-14/h2-9H,10-11H2,1H3. The fourth-order valence-corrected chi connectivity index (χ4v) is 1.56. The maximum atomic E-state index is 12.7. The Morgan fingerprint density at radius 2 is 1.56 bits per heavy atom. The molecule has 0 spiro atoms. The Balaban J connectivity index is 1.76. The Bertz CT molecular complexity index is 494. The van der Waals surface area contributed by atoms with Gasteiger partial charge in [0.05, 0.1) is 0 Å². The predicted octanol–water partition coefficient (Wildman–Crippen LogP) is 3.59. The molecule has 0 amide bonds. The van der Waals surface area contributed by atoms with Crippen molar-refractivity contribution in [2.75, 3.05) is 13.2 Å². The normalized spacial score (nSPS) is 10.1. The first-order chi connectivity index (χ1) is 8.75. The van der Waals surface area contributed by atoms with Crippen LogP contribution < -0.4 is 9.47 Å². The third kappa shape index (κ3) is 3.48. The van der Waals surface area contributed by atoms with E-state index in [1.54, 1.807) is 12.1 Å². The lowest BCUT2D eigenvalue weighted by molar-refractivity contribution is 0.216. The lowest BCUT2D eigenvalue weighted by Crippen LogP contribution is -2.09. The van der Waals surface area contributed by atoms with E-state index in [0.29, 0.717) is 19.0 Å². The summed E-state index contributed by atoms with van der Waals surface area (Å²) >= 11 is 0. The van der Waals surface area contributed by atoms with E-state index in [9.17, 15) is 4.39 Å². The van der Waals surface area contributed by atoms with Gasteiger partial charge in [-0.05, 0) is 42.8 Å². The predicted molar refractivity (Wildman–Crippen MR) is 68.6 cm³/mol. The van der Waals surface area contributed by atoms with Gasteiger partial charge in [0.25, 0.3) is 0 Å². The molecule has 0 saturated carbocycles. The summed E-state index contributed by atoms with van der Waals surface area (Å²) in [6.45, 7) is 2.89. The first kappa shape index (κ1) is 12.4. The molecule has 0 unspecified atom stereocenters. The Labute approximate surface area is 106 Å². The van der Waals surface area contributed by atoms with E-state index in [4.69, 9.17) is 9.47 Å². The van der Waals surface area contributed by atoms with Crippen LogP contribution in [-0.4, -0.2) is 13.2 Å². The molecule has 2 aromatic carbocycles. The molecule has 0 aliphatic rings. The number of aryl methyl sites for hydroxylation is 1. The van der Waals surface area contributed by atoms with E-state index in [1.165, 1.54) is 12.1 Å². The maximum Gasteiger partial charge on any atom is 0.123 e. The van der Waals surface area contributed by atoms with Gasteiger partial charge in [-0.1, -0.05) is 18.2 Å². The second kappa shape index (κ2) is 6.05. The minimum atomic E-state index is -0.265. The van der Waals surface area contributed by atoms with Crippen molar-refractivity contribution < 1.29 is 13.9 Å². The molecule has 0 fully saturated rings. The first-order valence-corrected chi connectivity index (χ1v) is 5.82. The van der Waals surface area contributed by atoms with Gasteiger partial charge in [-0.25, -0.2) is 4.39 Å². The zero-order chi connectivity index (χ0) is 12.8. The number of rotatable bonds is 5. The lowest BCUT2D eigenvalue weighted by Gasteiger charge is -2.10. The SMILES string of the molecule is Cc1ccccc1OCCOc1ccc(F)cc1. The Morgan fingerprint density at radius 3 is 2.28 bits per heavy atom. The molecule has 94 valence electrons. The van der Waals surface area contributed by atoms with Crippen LogP contribution in [0.4, 0.5) is 4.39 Å². The molecule has 0 aliphatic heterocycles. The van der Waals surface area contributed by atoms with Gasteiger partial charge in [0.1, 0.15) is 30.5 Å². The molecule has 3 heteroatoms. The van der Waals surface area contributed by atoms with Crippen molar-refractivity contribution >= 4 is 0 Å². The van der Waals surface area contributed by atoms with Crippen LogP contribution in [-0.2, 0) is 0 Å². The summed E-state index contributed by atoms with van der Waals surface area (Å²) < 4.78 is 23.7. The van der Waals surface area contributed by atoms with E-state index < -0.39 is 0 Å². The third-order valence-electron chi connectivity index (χ3n) is 2.52. The molecule has 0 atom stereocenters. The minimum Gasteiger partial charge on any atom is -0.490 e. The van der Waals surface area contributed by atoms with E-state index in [0.717, 1.165) is 11.3 Å². The molecule has 0 aromatic heterocycles. The molecule has 18 heavy (non-hydrogen) atoms. The topological polar surface area (TPSA) is 18.5 Å². The van der Waals surface area contributed by atoms with Crippen LogP contribution >= 0.6 is 0 Å². The highest BCUT2D eigenvalue weighted by atomic mass is 19.1. The van der Waals surface area contributed by atoms with Crippen molar-refractivity contribution in [2.45, 2.75) is 6.92 Å². The minimum absolute atomic E-state index is 0.265. The molecular formula is C15H15FO2. The third-order valence-corrected chi connectivity index (χ3v) is 2.52. The van der Waals surface area contributed by atoms with Crippen LogP contribution in [0.25, 0.3) is 0 Å². The molecule has 0 saturated heterocycles. The summed E-state index contributed by atoms with van der Waals surface area (Å²) in [5.41, 5.74) is 1.10. The monoisotopic (exact) mass is 246 g/mol. The summed E-state index contributed by atoms with van der Waals surface area (Å²) in [4.78, 5) is 0. The van der Waals surface area contributed by atoms with Crippen molar-refractivity contribution in [2.24, 2.45) is 0 Å². The molecule has 0 radical (unpaired) electrons. The lowest BCUT2D eigenvalue weighted by atomic mass is 10.2. The van der Waals surface area contributed by atoms with Crippen molar-refractivity contribution in [1.29, 1.82) is 0 Å². The average molecular weight is 246 g/mol. The van der Waals surface area contributed by atoms with Gasteiger partial charge in [-0.2, -0.15) is 0 Å². The molecule has 0 N–H and O–H groups in total. The molecule has 0 bridgehead atoms. The van der Waals surface area contributed by atoms with E-state index >= 15 is 0 Å². The van der Waals surface area contributed by atoms with Crippen LogP contribution in [0.15, 0.2) is 48.5 Å². The quantitative estimate of drug-likeness (QED) is 0.750. The first-order valence-electron chi connectivity index (χ1n) is 5.82. The van der Waals surface area contributed by atoms with Gasteiger partial charge in [0, 0.05) is 0 Å². The van der Waals surface area contributed by atoms with Gasteiger partial charge in [-0.3, -0.25) is 0 Å². The Kier molecular flexibility index (Phi) is 4.18. The van der Waals surface area contributed by atoms with Crippen molar-refractivity contribution in [3.8, 4) is 11.5 Å². The number of ether oxygens (including phenoxy) is 2. The van der Waals surface area contributed by atoms with Gasteiger partial charge < -0.3 is 9.47 Å². The van der Waals surface area contributed by atoms with Crippen LogP contribution in [0.2, 0.25) is 0 Å².